The summed E-state index contributed by atoms with van der Waals surface area (Å²) in [5.74, 6) is 0. The van der Waals surface area contributed by atoms with Crippen LogP contribution in [0.2, 0.25) is 5.02 Å². The van der Waals surface area contributed by atoms with Crippen LogP contribution in [0.3, 0.4) is 0 Å². The Kier molecular flexibility index (Phi) is 2.93. The summed E-state index contributed by atoms with van der Waals surface area (Å²) in [7, 11) is 0. The van der Waals surface area contributed by atoms with Crippen LogP contribution in [0.5, 0.6) is 0 Å². The third-order valence-corrected chi connectivity index (χ3v) is 2.79. The normalized spacial score (nSPS) is 10.2. The van der Waals surface area contributed by atoms with Gasteiger partial charge in [-0.1, -0.05) is 27.5 Å². The molecule has 0 amide bonds. The molecule has 0 unspecified atom stereocenters. The Bertz CT molecular complexity index is 250. The highest BCUT2D eigenvalue weighted by atomic mass is 79.9. The Morgan fingerprint density at radius 1 is 1.55 bits per heavy atom. The smallest absolute Gasteiger partial charge is 0.0449 e. The molecule has 0 saturated carbocycles. The van der Waals surface area contributed by atoms with E-state index in [0.717, 1.165) is 20.6 Å². The Morgan fingerprint density at radius 3 is 2.64 bits per heavy atom. The Labute approximate surface area is 79.7 Å². The summed E-state index contributed by atoms with van der Waals surface area (Å²) in [5, 5.41) is 0.764. The zero-order chi connectivity index (χ0) is 8.43. The first-order valence-corrected chi connectivity index (χ1v) is 4.47. The molecule has 0 saturated heterocycles. The van der Waals surface area contributed by atoms with Gasteiger partial charge in [-0.05, 0) is 30.2 Å². The van der Waals surface area contributed by atoms with Gasteiger partial charge in [-0.2, -0.15) is 0 Å². The van der Waals surface area contributed by atoms with Gasteiger partial charge in [0.1, 0.15) is 0 Å². The molecular formula is C8H9BrClN. The summed E-state index contributed by atoms with van der Waals surface area (Å²) >= 11 is 9.31. The van der Waals surface area contributed by atoms with Gasteiger partial charge in [0.25, 0.3) is 0 Å². The number of benzene rings is 1. The number of nitrogens with two attached hydrogens (primary N) is 1. The van der Waals surface area contributed by atoms with Crippen molar-refractivity contribution >= 4 is 27.5 Å². The van der Waals surface area contributed by atoms with Crippen LogP contribution in [0.25, 0.3) is 0 Å². The minimum absolute atomic E-state index is 0.526. The van der Waals surface area contributed by atoms with Crippen LogP contribution in [0, 0.1) is 6.92 Å². The number of halogens is 2. The zero-order valence-electron chi connectivity index (χ0n) is 6.20. The molecule has 1 nitrogen and oxygen atoms in total. The number of hydrogen-bond donors (Lipinski definition) is 1. The van der Waals surface area contributed by atoms with E-state index >= 15 is 0 Å². The molecule has 1 aromatic carbocycles. The Hall–Kier alpha value is -0.0500. The molecule has 0 atom stereocenters. The lowest BCUT2D eigenvalue weighted by molar-refractivity contribution is 1.07. The first kappa shape index (κ1) is 9.04. The maximum absolute atomic E-state index is 5.91. The molecule has 1 aromatic rings. The molecule has 11 heavy (non-hydrogen) atoms. The molecule has 3 heteroatoms. The monoisotopic (exact) mass is 233 g/mol. The maximum Gasteiger partial charge on any atom is 0.0449 e. The van der Waals surface area contributed by atoms with Crippen molar-refractivity contribution in [3.8, 4) is 0 Å². The van der Waals surface area contributed by atoms with Gasteiger partial charge >= 0.3 is 0 Å². The third-order valence-electron chi connectivity index (χ3n) is 1.58. The van der Waals surface area contributed by atoms with E-state index in [4.69, 9.17) is 17.3 Å². The lowest BCUT2D eigenvalue weighted by Crippen LogP contribution is -1.96. The van der Waals surface area contributed by atoms with Crippen molar-refractivity contribution in [1.29, 1.82) is 0 Å². The van der Waals surface area contributed by atoms with Gasteiger partial charge in [-0.15, -0.1) is 0 Å². The standard InChI is InChI=1S/C8H9BrClN/c1-5-7(9)2-6(4-11)3-8(5)10/h2-3H,4,11H2,1H3. The first-order chi connectivity index (χ1) is 5.15. The topological polar surface area (TPSA) is 26.0 Å². The predicted molar refractivity (Wildman–Crippen MR) is 51.8 cm³/mol. The van der Waals surface area contributed by atoms with Gasteiger partial charge < -0.3 is 5.73 Å². The molecule has 2 N–H and O–H groups in total. The van der Waals surface area contributed by atoms with Crippen molar-refractivity contribution in [3.05, 3.63) is 32.8 Å². The molecule has 0 aliphatic carbocycles. The SMILES string of the molecule is Cc1c(Cl)cc(CN)cc1Br. The van der Waals surface area contributed by atoms with Crippen LogP contribution in [0.4, 0.5) is 0 Å². The van der Waals surface area contributed by atoms with Gasteiger partial charge in [0, 0.05) is 16.0 Å². The first-order valence-electron chi connectivity index (χ1n) is 3.29. The van der Waals surface area contributed by atoms with Gasteiger partial charge in [0.05, 0.1) is 0 Å². The second-order valence-corrected chi connectivity index (χ2v) is 3.65. The average molecular weight is 235 g/mol. The van der Waals surface area contributed by atoms with Gasteiger partial charge in [0.2, 0.25) is 0 Å². The van der Waals surface area contributed by atoms with E-state index in [1.807, 2.05) is 19.1 Å². The van der Waals surface area contributed by atoms with Crippen LogP contribution >= 0.6 is 27.5 Å². The molecule has 0 heterocycles. The van der Waals surface area contributed by atoms with Gasteiger partial charge in [-0.25, -0.2) is 0 Å². The highest BCUT2D eigenvalue weighted by molar-refractivity contribution is 9.10. The van der Waals surface area contributed by atoms with Crippen LogP contribution in [0.15, 0.2) is 16.6 Å². The molecular weight excluding hydrogens is 225 g/mol. The van der Waals surface area contributed by atoms with Crippen LogP contribution in [-0.4, -0.2) is 0 Å². The van der Waals surface area contributed by atoms with E-state index in [0.29, 0.717) is 6.54 Å². The van der Waals surface area contributed by atoms with Crippen molar-refractivity contribution in [3.63, 3.8) is 0 Å². The fraction of sp³-hybridized carbons (Fsp3) is 0.250. The molecule has 60 valence electrons. The van der Waals surface area contributed by atoms with Crippen LogP contribution < -0.4 is 5.73 Å². The second kappa shape index (κ2) is 3.57. The van der Waals surface area contributed by atoms with Crippen LogP contribution in [0.1, 0.15) is 11.1 Å². The van der Waals surface area contributed by atoms with Crippen molar-refractivity contribution in [1.82, 2.24) is 0 Å². The number of hydrogen-bond acceptors (Lipinski definition) is 1. The summed E-state index contributed by atoms with van der Waals surface area (Å²) in [6.07, 6.45) is 0. The molecule has 1 rings (SSSR count). The summed E-state index contributed by atoms with van der Waals surface area (Å²) < 4.78 is 1.02. The van der Waals surface area contributed by atoms with Gasteiger partial charge in [0.15, 0.2) is 0 Å². The third kappa shape index (κ3) is 1.95. The van der Waals surface area contributed by atoms with E-state index in [1.165, 1.54) is 0 Å². The van der Waals surface area contributed by atoms with E-state index in [2.05, 4.69) is 15.9 Å². The summed E-state index contributed by atoms with van der Waals surface area (Å²) in [4.78, 5) is 0. The van der Waals surface area contributed by atoms with E-state index in [-0.39, 0.29) is 0 Å². The predicted octanol–water partition coefficient (Wildman–Crippen LogP) is 2.87. The molecule has 0 bridgehead atoms. The lowest BCUT2D eigenvalue weighted by Gasteiger charge is -2.03. The fourth-order valence-corrected chi connectivity index (χ4v) is 1.68. The molecule has 0 spiro atoms. The second-order valence-electron chi connectivity index (χ2n) is 2.39. The molecule has 0 radical (unpaired) electrons. The molecule has 0 fully saturated rings. The minimum Gasteiger partial charge on any atom is -0.326 e. The zero-order valence-corrected chi connectivity index (χ0v) is 8.54. The maximum atomic E-state index is 5.91. The van der Waals surface area contributed by atoms with E-state index < -0.39 is 0 Å². The molecule has 0 aromatic heterocycles. The highest BCUT2D eigenvalue weighted by Crippen LogP contribution is 2.25. The van der Waals surface area contributed by atoms with Crippen molar-refractivity contribution in [2.45, 2.75) is 13.5 Å². The van der Waals surface area contributed by atoms with Gasteiger partial charge in [-0.3, -0.25) is 0 Å². The van der Waals surface area contributed by atoms with E-state index in [9.17, 15) is 0 Å². The summed E-state index contributed by atoms with van der Waals surface area (Å²) in [6.45, 7) is 2.49. The average Bonchev–Trinajstić information content (AvgIpc) is 1.99. The van der Waals surface area contributed by atoms with Crippen molar-refractivity contribution in [2.75, 3.05) is 0 Å². The van der Waals surface area contributed by atoms with E-state index in [1.54, 1.807) is 0 Å². The summed E-state index contributed by atoms with van der Waals surface area (Å²) in [5.41, 5.74) is 7.57. The van der Waals surface area contributed by atoms with Crippen molar-refractivity contribution < 1.29 is 0 Å². The van der Waals surface area contributed by atoms with Crippen molar-refractivity contribution in [2.24, 2.45) is 5.73 Å². The summed E-state index contributed by atoms with van der Waals surface area (Å²) in [6, 6.07) is 3.88. The fourth-order valence-electron chi connectivity index (χ4n) is 0.816. The Morgan fingerprint density at radius 2 is 2.18 bits per heavy atom. The Balaban J connectivity index is 3.21. The molecule has 0 aliphatic rings. The quantitative estimate of drug-likeness (QED) is 0.794. The minimum atomic E-state index is 0.526. The highest BCUT2D eigenvalue weighted by Gasteiger charge is 2.01. The molecule has 0 aliphatic heterocycles. The van der Waals surface area contributed by atoms with Crippen LogP contribution in [-0.2, 0) is 6.54 Å². The lowest BCUT2D eigenvalue weighted by atomic mass is 10.1. The number of rotatable bonds is 1. The largest absolute Gasteiger partial charge is 0.326 e.